The molecule has 1 rings (SSSR count). The molecule has 2 nitrogen and oxygen atoms in total. The molecule has 60 valence electrons. The van der Waals surface area contributed by atoms with Gasteiger partial charge in [-0.3, -0.25) is 4.98 Å². The Morgan fingerprint density at radius 2 is 2.27 bits per heavy atom. The molecular weight excluding hydrogens is 138 g/mol. The maximum atomic E-state index is 7.30. The fraction of sp³-hybridized carbons (Fsp3) is 0.444. The minimum Gasteiger partial charge on any atom is -0.496 e. The van der Waals surface area contributed by atoms with E-state index in [1.807, 2.05) is 0 Å². The van der Waals surface area contributed by atoms with Crippen LogP contribution in [-0.2, 0) is 0 Å². The third kappa shape index (κ3) is 1.50. The summed E-state index contributed by atoms with van der Waals surface area (Å²) in [5, 5.41) is 0. The number of aromatic nitrogens is 1. The molecule has 0 bridgehead atoms. The van der Waals surface area contributed by atoms with Gasteiger partial charge in [-0.15, -0.1) is 0 Å². The van der Waals surface area contributed by atoms with Crippen LogP contribution in [0.15, 0.2) is 6.07 Å². The van der Waals surface area contributed by atoms with Gasteiger partial charge < -0.3 is 4.74 Å². The van der Waals surface area contributed by atoms with Crippen molar-refractivity contribution < 1.29 is 8.85 Å². The molecule has 0 aliphatic carbocycles. The molecular formula is C9H13NO. The van der Waals surface area contributed by atoms with Crippen LogP contribution < -0.4 is 4.74 Å². The van der Waals surface area contributed by atoms with Gasteiger partial charge in [-0.25, -0.2) is 0 Å². The zero-order valence-electron chi connectivity index (χ0n) is 9.93. The van der Waals surface area contributed by atoms with Gasteiger partial charge in [-0.2, -0.15) is 0 Å². The molecule has 0 radical (unpaired) electrons. The van der Waals surface area contributed by atoms with Crippen molar-refractivity contribution in [1.82, 2.24) is 4.98 Å². The highest BCUT2D eigenvalue weighted by Crippen LogP contribution is 2.19. The van der Waals surface area contributed by atoms with Crippen molar-refractivity contribution in [3.8, 4) is 5.75 Å². The SMILES string of the molecule is [2H]C([2H])([2H])c1nc(C)cc(OC)c1C. The molecule has 0 aliphatic heterocycles. The van der Waals surface area contributed by atoms with E-state index in [4.69, 9.17) is 8.85 Å². The van der Waals surface area contributed by atoms with Crippen LogP contribution in [-0.4, -0.2) is 12.1 Å². The Morgan fingerprint density at radius 1 is 1.55 bits per heavy atom. The maximum Gasteiger partial charge on any atom is 0.125 e. The number of hydrogen-bond donors (Lipinski definition) is 0. The van der Waals surface area contributed by atoms with Gasteiger partial charge >= 0.3 is 0 Å². The van der Waals surface area contributed by atoms with Crippen molar-refractivity contribution in [2.75, 3.05) is 7.11 Å². The average molecular weight is 154 g/mol. The van der Waals surface area contributed by atoms with Gasteiger partial charge in [0.25, 0.3) is 0 Å². The highest BCUT2D eigenvalue weighted by atomic mass is 16.5. The van der Waals surface area contributed by atoms with Crippen LogP contribution in [0.1, 0.15) is 21.1 Å². The Hall–Kier alpha value is -1.05. The van der Waals surface area contributed by atoms with E-state index in [1.54, 1.807) is 19.9 Å². The first-order valence-electron chi connectivity index (χ1n) is 4.89. The average Bonchev–Trinajstić information content (AvgIpc) is 2.06. The molecule has 0 N–H and O–H groups in total. The summed E-state index contributed by atoms with van der Waals surface area (Å²) in [6.45, 7) is 1.27. The van der Waals surface area contributed by atoms with Gasteiger partial charge in [0, 0.05) is 27.1 Å². The number of nitrogens with zero attached hydrogens (tertiary/aromatic N) is 1. The Labute approximate surface area is 71.4 Å². The topological polar surface area (TPSA) is 22.1 Å². The fourth-order valence-electron chi connectivity index (χ4n) is 0.919. The smallest absolute Gasteiger partial charge is 0.125 e. The van der Waals surface area contributed by atoms with Crippen LogP contribution in [0.5, 0.6) is 5.75 Å². The van der Waals surface area contributed by atoms with Crippen molar-refractivity contribution in [3.63, 3.8) is 0 Å². The van der Waals surface area contributed by atoms with Crippen LogP contribution in [0, 0.1) is 20.7 Å². The molecule has 0 amide bonds. The molecule has 0 saturated heterocycles. The largest absolute Gasteiger partial charge is 0.496 e. The molecule has 0 aromatic carbocycles. The van der Waals surface area contributed by atoms with Crippen LogP contribution in [0.3, 0.4) is 0 Å². The van der Waals surface area contributed by atoms with Crippen molar-refractivity contribution in [2.24, 2.45) is 0 Å². The van der Waals surface area contributed by atoms with E-state index < -0.39 is 6.85 Å². The van der Waals surface area contributed by atoms with Gasteiger partial charge in [-0.05, 0) is 20.7 Å². The van der Waals surface area contributed by atoms with E-state index in [1.165, 1.54) is 7.11 Å². The summed E-state index contributed by atoms with van der Waals surface area (Å²) in [7, 11) is 1.52. The third-order valence-electron chi connectivity index (χ3n) is 1.57. The zero-order chi connectivity index (χ0) is 10.9. The van der Waals surface area contributed by atoms with Crippen molar-refractivity contribution >= 4 is 0 Å². The second-order valence-corrected chi connectivity index (χ2v) is 2.44. The normalized spacial score (nSPS) is 15.0. The van der Waals surface area contributed by atoms with E-state index in [0.29, 0.717) is 17.0 Å². The monoisotopic (exact) mass is 154 g/mol. The maximum absolute atomic E-state index is 7.30. The molecule has 0 unspecified atom stereocenters. The number of ether oxygens (including phenoxy) is 1. The predicted octanol–water partition coefficient (Wildman–Crippen LogP) is 2.02. The summed E-state index contributed by atoms with van der Waals surface area (Å²) >= 11 is 0. The first-order chi connectivity index (χ1) is 6.36. The number of aryl methyl sites for hydroxylation is 2. The van der Waals surface area contributed by atoms with Gasteiger partial charge in [0.15, 0.2) is 0 Å². The fourth-order valence-corrected chi connectivity index (χ4v) is 0.919. The van der Waals surface area contributed by atoms with Crippen LogP contribution in [0.25, 0.3) is 0 Å². The quantitative estimate of drug-likeness (QED) is 0.617. The lowest BCUT2D eigenvalue weighted by Crippen LogP contribution is -1.94. The summed E-state index contributed by atoms with van der Waals surface area (Å²) < 4.78 is 27.0. The minimum absolute atomic E-state index is 0.120. The Balaban J connectivity index is 3.37. The van der Waals surface area contributed by atoms with Gasteiger partial charge in [-0.1, -0.05) is 0 Å². The molecule has 0 aliphatic rings. The second kappa shape index (κ2) is 2.91. The van der Waals surface area contributed by atoms with E-state index >= 15 is 0 Å². The van der Waals surface area contributed by atoms with Gasteiger partial charge in [0.2, 0.25) is 0 Å². The second-order valence-electron chi connectivity index (χ2n) is 2.44. The predicted molar refractivity (Wildman–Crippen MR) is 45.0 cm³/mol. The number of hydrogen-bond acceptors (Lipinski definition) is 2. The Morgan fingerprint density at radius 3 is 2.82 bits per heavy atom. The van der Waals surface area contributed by atoms with Crippen LogP contribution >= 0.6 is 0 Å². The molecule has 2 heteroatoms. The van der Waals surface area contributed by atoms with Gasteiger partial charge in [0.05, 0.1) is 7.11 Å². The summed E-state index contributed by atoms with van der Waals surface area (Å²) in [6.07, 6.45) is 0. The lowest BCUT2D eigenvalue weighted by molar-refractivity contribution is 0.410. The van der Waals surface area contributed by atoms with Crippen LogP contribution in [0.2, 0.25) is 0 Å². The van der Waals surface area contributed by atoms with Crippen LogP contribution in [0.4, 0.5) is 0 Å². The summed E-state index contributed by atoms with van der Waals surface area (Å²) in [4.78, 5) is 4.01. The van der Waals surface area contributed by atoms with Crippen molar-refractivity contribution in [3.05, 3.63) is 23.0 Å². The lowest BCUT2D eigenvalue weighted by Gasteiger charge is -2.07. The molecule has 0 fully saturated rings. The zero-order valence-corrected chi connectivity index (χ0v) is 6.93. The highest BCUT2D eigenvalue weighted by Gasteiger charge is 2.02. The third-order valence-corrected chi connectivity index (χ3v) is 1.57. The van der Waals surface area contributed by atoms with E-state index in [2.05, 4.69) is 4.98 Å². The molecule has 1 aromatic heterocycles. The van der Waals surface area contributed by atoms with Crippen molar-refractivity contribution in [1.29, 1.82) is 0 Å². The number of pyridine rings is 1. The lowest BCUT2D eigenvalue weighted by atomic mass is 10.2. The summed E-state index contributed by atoms with van der Waals surface area (Å²) in [6, 6.07) is 1.73. The Kier molecular flexibility index (Phi) is 1.26. The first kappa shape index (κ1) is 4.75. The molecule has 0 atom stereocenters. The number of rotatable bonds is 1. The van der Waals surface area contributed by atoms with Crippen molar-refractivity contribution in [2.45, 2.75) is 20.7 Å². The first-order valence-corrected chi connectivity index (χ1v) is 3.39. The minimum atomic E-state index is -2.18. The van der Waals surface area contributed by atoms with E-state index in [9.17, 15) is 0 Å². The summed E-state index contributed by atoms with van der Waals surface area (Å²) in [5.74, 6) is 0.573. The Bertz CT molecular complexity index is 347. The summed E-state index contributed by atoms with van der Waals surface area (Å²) in [5.41, 5.74) is 1.35. The molecule has 1 aromatic rings. The standard InChI is InChI=1S/C9H13NO/c1-6-5-9(11-4)7(2)8(3)10-6/h5H,1-4H3/i3D3. The van der Waals surface area contributed by atoms with E-state index in [0.717, 1.165) is 0 Å². The van der Waals surface area contributed by atoms with Gasteiger partial charge in [0.1, 0.15) is 5.75 Å². The highest BCUT2D eigenvalue weighted by molar-refractivity contribution is 5.36. The number of methoxy groups -OCH3 is 1. The molecule has 1 heterocycles. The van der Waals surface area contributed by atoms with E-state index in [-0.39, 0.29) is 5.69 Å². The molecule has 0 saturated carbocycles. The molecule has 0 spiro atoms. The molecule has 11 heavy (non-hydrogen) atoms.